The van der Waals surface area contributed by atoms with Gasteiger partial charge < -0.3 is 0 Å². The van der Waals surface area contributed by atoms with Crippen molar-refractivity contribution < 1.29 is 14.0 Å². The summed E-state index contributed by atoms with van der Waals surface area (Å²) in [7, 11) is 0. The number of rotatable bonds is 1. The van der Waals surface area contributed by atoms with Crippen LogP contribution in [0.15, 0.2) is 58.2 Å². The Morgan fingerprint density at radius 3 is 2.67 bits per heavy atom. The Morgan fingerprint density at radius 2 is 1.92 bits per heavy atom. The third-order valence-electron chi connectivity index (χ3n) is 4.50. The maximum atomic E-state index is 13.2. The third kappa shape index (κ3) is 2.22. The maximum absolute atomic E-state index is 13.2. The van der Waals surface area contributed by atoms with Crippen LogP contribution in [-0.2, 0) is 9.59 Å². The fraction of sp³-hybridized carbons (Fsp3) is 0.222. The van der Waals surface area contributed by atoms with Gasteiger partial charge in [0.15, 0.2) is 0 Å². The van der Waals surface area contributed by atoms with Gasteiger partial charge in [0.2, 0.25) is 5.91 Å². The first-order valence-electron chi connectivity index (χ1n) is 7.68. The van der Waals surface area contributed by atoms with Crippen molar-refractivity contribution >= 4 is 23.5 Å². The van der Waals surface area contributed by atoms with Gasteiger partial charge in [0.25, 0.3) is 5.91 Å². The standard InChI is InChI=1S/C18H14FN3O2/c1-10-3-2-8-22-16(10)21-18(24)15-13(9-14(23)20-17(15)22)11-4-6-12(19)7-5-11/h2-8,13,15H,9H2,1H3. The van der Waals surface area contributed by atoms with Gasteiger partial charge in [-0.3, -0.25) is 14.5 Å². The molecule has 3 heterocycles. The molecule has 3 aliphatic rings. The van der Waals surface area contributed by atoms with Crippen molar-refractivity contribution in [3.05, 3.63) is 59.6 Å². The average Bonchev–Trinajstić information content (AvgIpc) is 2.56. The van der Waals surface area contributed by atoms with E-state index in [-0.39, 0.29) is 30.0 Å². The minimum absolute atomic E-state index is 0.114. The minimum Gasteiger partial charge on any atom is -0.288 e. The van der Waals surface area contributed by atoms with E-state index in [0.29, 0.717) is 11.7 Å². The molecule has 24 heavy (non-hydrogen) atoms. The first-order valence-corrected chi connectivity index (χ1v) is 7.68. The van der Waals surface area contributed by atoms with Gasteiger partial charge in [-0.15, -0.1) is 0 Å². The Balaban J connectivity index is 1.82. The molecular weight excluding hydrogens is 309 g/mol. The minimum atomic E-state index is -0.632. The Morgan fingerprint density at radius 1 is 1.17 bits per heavy atom. The van der Waals surface area contributed by atoms with Crippen molar-refractivity contribution in [3.8, 4) is 0 Å². The molecule has 0 N–H and O–H groups in total. The maximum Gasteiger partial charge on any atom is 0.259 e. The molecule has 2 amide bonds. The number of nitrogens with zero attached hydrogens (tertiary/aromatic N) is 3. The molecule has 0 aromatic heterocycles. The van der Waals surface area contributed by atoms with Crippen molar-refractivity contribution in [2.45, 2.75) is 19.3 Å². The third-order valence-corrected chi connectivity index (χ3v) is 4.50. The van der Waals surface area contributed by atoms with Crippen LogP contribution in [0.1, 0.15) is 24.8 Å². The van der Waals surface area contributed by atoms with E-state index in [4.69, 9.17) is 0 Å². The SMILES string of the molecule is CC1=CC=CN2C1=NC(=O)C1C2=NC(=O)CC1c1ccc(F)cc1. The first-order chi connectivity index (χ1) is 11.5. The zero-order valence-corrected chi connectivity index (χ0v) is 12.9. The van der Waals surface area contributed by atoms with Gasteiger partial charge >= 0.3 is 0 Å². The largest absolute Gasteiger partial charge is 0.288 e. The number of hydrogen-bond acceptors (Lipinski definition) is 3. The van der Waals surface area contributed by atoms with E-state index in [1.54, 1.807) is 23.2 Å². The summed E-state index contributed by atoms with van der Waals surface area (Å²) in [5, 5.41) is 0. The number of allylic oxidation sites excluding steroid dienone is 2. The molecule has 2 unspecified atom stereocenters. The second-order valence-electron chi connectivity index (χ2n) is 6.04. The van der Waals surface area contributed by atoms with Crippen LogP contribution in [0, 0.1) is 11.7 Å². The molecule has 0 bridgehead atoms. The van der Waals surface area contributed by atoms with E-state index < -0.39 is 5.92 Å². The highest BCUT2D eigenvalue weighted by Gasteiger charge is 2.45. The predicted molar refractivity (Wildman–Crippen MR) is 86.9 cm³/mol. The molecule has 120 valence electrons. The summed E-state index contributed by atoms with van der Waals surface area (Å²) in [6.45, 7) is 1.85. The van der Waals surface area contributed by atoms with Crippen LogP contribution in [-0.4, -0.2) is 28.4 Å². The number of aliphatic imine (C=N–C) groups is 2. The molecule has 2 atom stereocenters. The number of carbonyl (C=O) groups excluding carboxylic acids is 2. The lowest BCUT2D eigenvalue weighted by atomic mass is 9.79. The van der Waals surface area contributed by atoms with Crippen molar-refractivity contribution in [2.24, 2.45) is 15.9 Å². The van der Waals surface area contributed by atoms with E-state index in [9.17, 15) is 14.0 Å². The topological polar surface area (TPSA) is 62.1 Å². The molecule has 1 aromatic carbocycles. The fourth-order valence-corrected chi connectivity index (χ4v) is 3.34. The van der Waals surface area contributed by atoms with Crippen LogP contribution >= 0.6 is 0 Å². The number of halogens is 1. The lowest BCUT2D eigenvalue weighted by Crippen LogP contribution is -2.50. The second kappa shape index (κ2) is 5.33. The van der Waals surface area contributed by atoms with Crippen LogP contribution in [0.25, 0.3) is 0 Å². The summed E-state index contributed by atoms with van der Waals surface area (Å²) in [5.74, 6) is -1.07. The quantitative estimate of drug-likeness (QED) is 0.798. The van der Waals surface area contributed by atoms with Gasteiger partial charge in [-0.25, -0.2) is 4.39 Å². The van der Waals surface area contributed by atoms with Crippen LogP contribution in [0.4, 0.5) is 4.39 Å². The van der Waals surface area contributed by atoms with E-state index in [2.05, 4.69) is 9.98 Å². The highest BCUT2D eigenvalue weighted by atomic mass is 19.1. The fourth-order valence-electron chi connectivity index (χ4n) is 3.34. The number of benzene rings is 1. The molecule has 3 aliphatic heterocycles. The molecule has 0 radical (unpaired) electrons. The summed E-state index contributed by atoms with van der Waals surface area (Å²) < 4.78 is 13.2. The van der Waals surface area contributed by atoms with Gasteiger partial charge in [-0.05, 0) is 36.3 Å². The molecule has 0 fully saturated rings. The van der Waals surface area contributed by atoms with Crippen molar-refractivity contribution in [1.82, 2.24) is 4.90 Å². The van der Waals surface area contributed by atoms with Gasteiger partial charge in [0.1, 0.15) is 23.4 Å². The zero-order valence-electron chi connectivity index (χ0n) is 12.9. The summed E-state index contributed by atoms with van der Waals surface area (Å²) in [6, 6.07) is 5.89. The summed E-state index contributed by atoms with van der Waals surface area (Å²) in [4.78, 5) is 34.8. The highest BCUT2D eigenvalue weighted by Crippen LogP contribution is 2.38. The predicted octanol–water partition coefficient (Wildman–Crippen LogP) is 2.57. The van der Waals surface area contributed by atoms with Crippen LogP contribution in [0.5, 0.6) is 0 Å². The Kier molecular flexibility index (Phi) is 3.26. The van der Waals surface area contributed by atoms with Gasteiger partial charge in [-0.1, -0.05) is 18.2 Å². The molecule has 0 saturated heterocycles. The normalized spacial score (nSPS) is 25.6. The molecule has 0 spiro atoms. The van der Waals surface area contributed by atoms with Crippen LogP contribution in [0.3, 0.4) is 0 Å². The molecule has 0 saturated carbocycles. The summed E-state index contributed by atoms with van der Waals surface area (Å²) >= 11 is 0. The van der Waals surface area contributed by atoms with E-state index in [1.807, 2.05) is 19.1 Å². The monoisotopic (exact) mass is 323 g/mol. The Labute approximate surface area is 137 Å². The van der Waals surface area contributed by atoms with Crippen LogP contribution < -0.4 is 0 Å². The smallest absolute Gasteiger partial charge is 0.259 e. The van der Waals surface area contributed by atoms with Crippen molar-refractivity contribution in [2.75, 3.05) is 0 Å². The molecule has 5 nitrogen and oxygen atoms in total. The number of amides is 2. The lowest BCUT2D eigenvalue weighted by Gasteiger charge is -2.38. The molecule has 6 heteroatoms. The lowest BCUT2D eigenvalue weighted by molar-refractivity contribution is -0.122. The van der Waals surface area contributed by atoms with Gasteiger partial charge in [0.05, 0.1) is 0 Å². The van der Waals surface area contributed by atoms with Crippen LogP contribution in [0.2, 0.25) is 0 Å². The van der Waals surface area contributed by atoms with Gasteiger partial charge in [-0.2, -0.15) is 9.98 Å². The highest BCUT2D eigenvalue weighted by molar-refractivity contribution is 6.25. The number of carbonyl (C=O) groups is 2. The van der Waals surface area contributed by atoms with Crippen molar-refractivity contribution in [3.63, 3.8) is 0 Å². The number of fused-ring (bicyclic) bond motifs is 3. The molecule has 0 aliphatic carbocycles. The zero-order chi connectivity index (χ0) is 16.8. The molecular formula is C18H14FN3O2. The van der Waals surface area contributed by atoms with Crippen molar-refractivity contribution in [1.29, 1.82) is 0 Å². The number of hydrogen-bond donors (Lipinski definition) is 0. The van der Waals surface area contributed by atoms with Gasteiger partial charge in [0, 0.05) is 18.5 Å². The first kappa shape index (κ1) is 14.7. The van der Waals surface area contributed by atoms with E-state index in [1.165, 1.54) is 12.1 Å². The summed E-state index contributed by atoms with van der Waals surface area (Å²) in [5.41, 5.74) is 1.57. The number of amidine groups is 2. The van der Waals surface area contributed by atoms with E-state index >= 15 is 0 Å². The van der Waals surface area contributed by atoms with E-state index in [0.717, 1.165) is 11.1 Å². The molecule has 1 aromatic rings. The average molecular weight is 323 g/mol. The Hall–Kier alpha value is -2.89. The summed E-state index contributed by atoms with van der Waals surface area (Å²) in [6.07, 6.45) is 5.55. The molecule has 4 rings (SSSR count). The second-order valence-corrected chi connectivity index (χ2v) is 6.04. The Bertz CT molecular complexity index is 865.